The number of benzene rings is 3. The Hall–Kier alpha value is -2.83. The Labute approximate surface area is 182 Å². The molecule has 30 heavy (non-hydrogen) atoms. The Morgan fingerprint density at radius 1 is 1.00 bits per heavy atom. The van der Waals surface area contributed by atoms with Crippen molar-refractivity contribution in [3.63, 3.8) is 0 Å². The molecule has 7 heteroatoms. The number of hydrogen-bond donors (Lipinski definition) is 2. The number of para-hydroxylation sites is 1. The Bertz CT molecular complexity index is 1190. The summed E-state index contributed by atoms with van der Waals surface area (Å²) in [5.41, 5.74) is 4.27. The zero-order valence-corrected chi connectivity index (χ0v) is 18.6. The van der Waals surface area contributed by atoms with Crippen molar-refractivity contribution in [2.24, 2.45) is 0 Å². The highest BCUT2D eigenvalue weighted by atomic mass is 35.5. The van der Waals surface area contributed by atoms with Crippen molar-refractivity contribution in [2.75, 3.05) is 10.0 Å². The zero-order chi connectivity index (χ0) is 21.9. The van der Waals surface area contributed by atoms with Crippen molar-refractivity contribution >= 4 is 38.9 Å². The van der Waals surface area contributed by atoms with Gasteiger partial charge in [-0.25, -0.2) is 8.42 Å². The molecule has 0 aliphatic rings. The van der Waals surface area contributed by atoms with Gasteiger partial charge in [-0.1, -0.05) is 54.4 Å². The number of hydrogen-bond acceptors (Lipinski definition) is 3. The van der Waals surface area contributed by atoms with E-state index in [-0.39, 0.29) is 27.1 Å². The molecular formula is C23H23ClN2O3S. The molecule has 2 N–H and O–H groups in total. The van der Waals surface area contributed by atoms with Crippen LogP contribution in [0.5, 0.6) is 0 Å². The quantitative estimate of drug-likeness (QED) is 0.523. The number of nitrogens with one attached hydrogen (secondary N) is 2. The second kappa shape index (κ2) is 8.90. The molecule has 0 fully saturated rings. The van der Waals surface area contributed by atoms with Crippen LogP contribution in [0.4, 0.5) is 11.4 Å². The van der Waals surface area contributed by atoms with Crippen LogP contribution in [0, 0.1) is 13.8 Å². The van der Waals surface area contributed by atoms with E-state index in [0.29, 0.717) is 0 Å². The van der Waals surface area contributed by atoms with Crippen LogP contribution in [-0.4, -0.2) is 14.3 Å². The Kier molecular flexibility index (Phi) is 6.48. The third-order valence-corrected chi connectivity index (χ3v) is 6.49. The van der Waals surface area contributed by atoms with Gasteiger partial charge >= 0.3 is 0 Å². The lowest BCUT2D eigenvalue weighted by Crippen LogP contribution is -2.16. The maximum atomic E-state index is 12.8. The van der Waals surface area contributed by atoms with Crippen molar-refractivity contribution < 1.29 is 13.2 Å². The monoisotopic (exact) mass is 442 g/mol. The maximum Gasteiger partial charge on any atom is 0.261 e. The normalized spacial score (nSPS) is 11.2. The second-order valence-electron chi connectivity index (χ2n) is 7.03. The number of carbonyl (C=O) groups is 1. The molecule has 0 radical (unpaired) electrons. The lowest BCUT2D eigenvalue weighted by molar-refractivity contribution is 0.102. The Morgan fingerprint density at radius 3 is 2.33 bits per heavy atom. The third-order valence-electron chi connectivity index (χ3n) is 4.78. The molecule has 0 aliphatic heterocycles. The minimum Gasteiger partial charge on any atom is -0.321 e. The summed E-state index contributed by atoms with van der Waals surface area (Å²) in [7, 11) is -3.75. The van der Waals surface area contributed by atoms with E-state index in [1.165, 1.54) is 30.3 Å². The first-order valence-corrected chi connectivity index (χ1v) is 11.4. The number of rotatable bonds is 6. The topological polar surface area (TPSA) is 75.3 Å². The van der Waals surface area contributed by atoms with Crippen molar-refractivity contribution in [3.8, 4) is 0 Å². The smallest absolute Gasteiger partial charge is 0.261 e. The van der Waals surface area contributed by atoms with E-state index in [4.69, 9.17) is 11.6 Å². The van der Waals surface area contributed by atoms with Gasteiger partial charge in [-0.15, -0.1) is 0 Å². The highest BCUT2D eigenvalue weighted by Crippen LogP contribution is 2.26. The Morgan fingerprint density at radius 2 is 1.70 bits per heavy atom. The predicted molar refractivity (Wildman–Crippen MR) is 122 cm³/mol. The van der Waals surface area contributed by atoms with E-state index in [1.807, 2.05) is 39.0 Å². The fourth-order valence-corrected chi connectivity index (χ4v) is 4.39. The molecule has 5 nitrogen and oxygen atoms in total. The maximum absolute atomic E-state index is 12.8. The van der Waals surface area contributed by atoms with Gasteiger partial charge in [0, 0.05) is 5.69 Å². The van der Waals surface area contributed by atoms with Gasteiger partial charge in [0.05, 0.1) is 21.2 Å². The van der Waals surface area contributed by atoms with E-state index in [1.54, 1.807) is 12.1 Å². The van der Waals surface area contributed by atoms with E-state index >= 15 is 0 Å². The summed E-state index contributed by atoms with van der Waals surface area (Å²) in [6.45, 7) is 5.83. The molecule has 0 aromatic heterocycles. The molecular weight excluding hydrogens is 420 g/mol. The van der Waals surface area contributed by atoms with Gasteiger partial charge in [0.25, 0.3) is 15.9 Å². The standard InChI is InChI=1S/C23H23ClN2O3S/c1-4-17-7-5-6-16(3)22(17)25-23(27)20-13-10-18(14-21(20)24)26-30(28,29)19-11-8-15(2)9-12-19/h5-14,26H,4H2,1-3H3,(H,25,27). The SMILES string of the molecule is CCc1cccc(C)c1NC(=O)c1ccc(NS(=O)(=O)c2ccc(C)cc2)cc1Cl. The van der Waals surface area contributed by atoms with Gasteiger partial charge in [0.15, 0.2) is 0 Å². The number of aryl methyl sites for hydroxylation is 3. The van der Waals surface area contributed by atoms with Crippen molar-refractivity contribution in [3.05, 3.63) is 87.9 Å². The van der Waals surface area contributed by atoms with Crippen molar-refractivity contribution in [1.29, 1.82) is 0 Å². The molecule has 0 heterocycles. The molecule has 3 rings (SSSR count). The van der Waals surface area contributed by atoms with Gasteiger partial charge in [0.2, 0.25) is 0 Å². The molecule has 0 bridgehead atoms. The average Bonchev–Trinajstić information content (AvgIpc) is 2.69. The number of halogens is 1. The van der Waals surface area contributed by atoms with E-state index in [0.717, 1.165) is 28.8 Å². The van der Waals surface area contributed by atoms with Crippen molar-refractivity contribution in [1.82, 2.24) is 0 Å². The number of sulfonamides is 1. The van der Waals surface area contributed by atoms with Gasteiger partial charge < -0.3 is 5.32 Å². The summed E-state index contributed by atoms with van der Waals surface area (Å²) in [4.78, 5) is 12.9. The van der Waals surface area contributed by atoms with Crippen LogP contribution >= 0.6 is 11.6 Å². The molecule has 0 spiro atoms. The summed E-state index contributed by atoms with van der Waals surface area (Å²) < 4.78 is 27.6. The van der Waals surface area contributed by atoms with Crippen LogP contribution in [0.25, 0.3) is 0 Å². The Balaban J connectivity index is 1.82. The molecule has 0 unspecified atom stereocenters. The van der Waals surface area contributed by atoms with E-state index in [9.17, 15) is 13.2 Å². The summed E-state index contributed by atoms with van der Waals surface area (Å²) in [6.07, 6.45) is 0.782. The van der Waals surface area contributed by atoms with Crippen LogP contribution in [0.1, 0.15) is 34.0 Å². The first-order chi connectivity index (χ1) is 14.2. The van der Waals surface area contributed by atoms with Gasteiger partial charge in [-0.2, -0.15) is 0 Å². The minimum atomic E-state index is -3.75. The predicted octanol–water partition coefficient (Wildman–Crippen LogP) is 5.57. The van der Waals surface area contributed by atoms with E-state index in [2.05, 4.69) is 10.0 Å². The fourth-order valence-electron chi connectivity index (χ4n) is 3.08. The zero-order valence-electron chi connectivity index (χ0n) is 17.0. The molecule has 0 aliphatic carbocycles. The van der Waals surface area contributed by atoms with Crippen molar-refractivity contribution in [2.45, 2.75) is 32.1 Å². The molecule has 0 atom stereocenters. The lowest BCUT2D eigenvalue weighted by atomic mass is 10.1. The van der Waals surface area contributed by atoms with Crippen LogP contribution in [-0.2, 0) is 16.4 Å². The van der Waals surface area contributed by atoms with Gasteiger partial charge in [0.1, 0.15) is 0 Å². The van der Waals surface area contributed by atoms with Gasteiger partial charge in [-0.3, -0.25) is 9.52 Å². The summed E-state index contributed by atoms with van der Waals surface area (Å²) >= 11 is 6.30. The summed E-state index contributed by atoms with van der Waals surface area (Å²) in [6, 6.07) is 16.8. The second-order valence-corrected chi connectivity index (χ2v) is 9.12. The van der Waals surface area contributed by atoms with Gasteiger partial charge in [-0.05, 0) is 61.7 Å². The summed E-state index contributed by atoms with van der Waals surface area (Å²) in [5.74, 6) is -0.350. The lowest BCUT2D eigenvalue weighted by Gasteiger charge is -2.14. The average molecular weight is 443 g/mol. The van der Waals surface area contributed by atoms with Crippen LogP contribution in [0.2, 0.25) is 5.02 Å². The molecule has 3 aromatic rings. The number of amides is 1. The first kappa shape index (κ1) is 21.9. The molecule has 0 saturated heterocycles. The van der Waals surface area contributed by atoms with E-state index < -0.39 is 10.0 Å². The first-order valence-electron chi connectivity index (χ1n) is 9.50. The molecule has 1 amide bonds. The molecule has 0 saturated carbocycles. The number of anilines is 2. The fraction of sp³-hybridized carbons (Fsp3) is 0.174. The third kappa shape index (κ3) is 4.83. The van der Waals surface area contributed by atoms with Crippen LogP contribution < -0.4 is 10.0 Å². The van der Waals surface area contributed by atoms with Crippen LogP contribution in [0.3, 0.4) is 0 Å². The highest BCUT2D eigenvalue weighted by Gasteiger charge is 2.17. The number of carbonyl (C=O) groups excluding carboxylic acids is 1. The minimum absolute atomic E-state index is 0.151. The van der Waals surface area contributed by atoms with Crippen LogP contribution in [0.15, 0.2) is 65.6 Å². The molecule has 3 aromatic carbocycles. The summed E-state index contributed by atoms with van der Waals surface area (Å²) in [5, 5.41) is 3.08. The largest absolute Gasteiger partial charge is 0.321 e. The highest BCUT2D eigenvalue weighted by molar-refractivity contribution is 7.92. The molecule has 156 valence electrons.